The van der Waals surface area contributed by atoms with Crippen LogP contribution in [-0.2, 0) is 4.79 Å². The van der Waals surface area contributed by atoms with E-state index in [-0.39, 0.29) is 18.5 Å². The lowest BCUT2D eigenvalue weighted by atomic mass is 10.2. The number of carbonyl (C=O) groups excluding carboxylic acids is 1. The Balaban J connectivity index is 2.57. The fourth-order valence-electron chi connectivity index (χ4n) is 1.75. The smallest absolute Gasteiger partial charge is 0.238 e. The van der Waals surface area contributed by atoms with Crippen LogP contribution in [0.4, 0.5) is 5.69 Å². The molecule has 0 spiro atoms. The second-order valence-electron chi connectivity index (χ2n) is 4.93. The average molecular weight is 285 g/mol. The van der Waals surface area contributed by atoms with Gasteiger partial charge in [-0.25, -0.2) is 0 Å². The average Bonchev–Trinajstić information content (AvgIpc) is 2.27. The first-order chi connectivity index (χ1) is 8.88. The molecule has 0 bridgehead atoms. The first-order valence-electron chi connectivity index (χ1n) is 6.36. The summed E-state index contributed by atoms with van der Waals surface area (Å²) in [7, 11) is 0. The van der Waals surface area contributed by atoms with Crippen LogP contribution in [0.5, 0.6) is 0 Å². The Kier molecular flexibility index (Phi) is 6.28. The zero-order valence-electron chi connectivity index (χ0n) is 11.6. The molecule has 1 atom stereocenters. The highest BCUT2D eigenvalue weighted by atomic mass is 35.5. The van der Waals surface area contributed by atoms with E-state index in [0.717, 1.165) is 0 Å². The van der Waals surface area contributed by atoms with Gasteiger partial charge in [-0.1, -0.05) is 17.7 Å². The van der Waals surface area contributed by atoms with Crippen molar-refractivity contribution < 1.29 is 9.90 Å². The first-order valence-corrected chi connectivity index (χ1v) is 6.74. The van der Waals surface area contributed by atoms with Crippen LogP contribution in [0, 0.1) is 0 Å². The fourth-order valence-corrected chi connectivity index (χ4v) is 1.94. The van der Waals surface area contributed by atoms with Crippen LogP contribution in [0.2, 0.25) is 5.02 Å². The fraction of sp³-hybridized carbons (Fsp3) is 0.500. The monoisotopic (exact) mass is 284 g/mol. The van der Waals surface area contributed by atoms with Gasteiger partial charge in [0.25, 0.3) is 0 Å². The molecule has 0 aliphatic carbocycles. The Bertz CT molecular complexity index is 422. The van der Waals surface area contributed by atoms with Gasteiger partial charge in [-0.3, -0.25) is 9.69 Å². The summed E-state index contributed by atoms with van der Waals surface area (Å²) in [6, 6.07) is 7.23. The molecule has 19 heavy (non-hydrogen) atoms. The summed E-state index contributed by atoms with van der Waals surface area (Å²) in [5, 5.41) is 12.8. The molecule has 4 nitrogen and oxygen atoms in total. The molecule has 0 fully saturated rings. The van der Waals surface area contributed by atoms with Crippen molar-refractivity contribution in [3.63, 3.8) is 0 Å². The van der Waals surface area contributed by atoms with Crippen molar-refractivity contribution in [3.05, 3.63) is 29.3 Å². The molecule has 2 N–H and O–H groups in total. The summed E-state index contributed by atoms with van der Waals surface area (Å²) in [4.78, 5) is 13.9. The van der Waals surface area contributed by atoms with Gasteiger partial charge in [0.15, 0.2) is 0 Å². The molecule has 0 aliphatic rings. The van der Waals surface area contributed by atoms with Crippen LogP contribution in [0.25, 0.3) is 0 Å². The third kappa shape index (κ3) is 6.05. The Morgan fingerprint density at radius 2 is 2.11 bits per heavy atom. The number of hydrogen-bond donors (Lipinski definition) is 2. The van der Waals surface area contributed by atoms with E-state index in [1.165, 1.54) is 0 Å². The lowest BCUT2D eigenvalue weighted by Gasteiger charge is -2.26. The van der Waals surface area contributed by atoms with Crippen molar-refractivity contribution >= 4 is 23.2 Å². The summed E-state index contributed by atoms with van der Waals surface area (Å²) >= 11 is 5.86. The predicted molar refractivity (Wildman–Crippen MR) is 78.5 cm³/mol. The standard InChI is InChI=1S/C14H21ClN2O2/c1-10(2)17(8-11(3)18)9-14(19)16-13-6-4-5-12(15)7-13/h4-7,10-11,18H,8-9H2,1-3H3,(H,16,19). The number of hydrogen-bond acceptors (Lipinski definition) is 3. The number of aliphatic hydroxyl groups is 1. The zero-order valence-corrected chi connectivity index (χ0v) is 12.3. The molecule has 1 aromatic carbocycles. The van der Waals surface area contributed by atoms with Crippen LogP contribution < -0.4 is 5.32 Å². The van der Waals surface area contributed by atoms with Gasteiger partial charge in [-0.2, -0.15) is 0 Å². The second-order valence-corrected chi connectivity index (χ2v) is 5.37. The normalized spacial score (nSPS) is 12.8. The largest absolute Gasteiger partial charge is 0.392 e. The van der Waals surface area contributed by atoms with Crippen molar-refractivity contribution in [2.45, 2.75) is 32.9 Å². The van der Waals surface area contributed by atoms with E-state index in [2.05, 4.69) is 5.32 Å². The number of aliphatic hydroxyl groups excluding tert-OH is 1. The quantitative estimate of drug-likeness (QED) is 0.843. The number of carbonyl (C=O) groups is 1. The second kappa shape index (κ2) is 7.48. The van der Waals surface area contributed by atoms with Crippen LogP contribution in [-0.4, -0.2) is 41.1 Å². The lowest BCUT2D eigenvalue weighted by molar-refractivity contribution is -0.118. The van der Waals surface area contributed by atoms with Gasteiger partial charge >= 0.3 is 0 Å². The Labute approximate surface area is 119 Å². The van der Waals surface area contributed by atoms with Gasteiger partial charge < -0.3 is 10.4 Å². The van der Waals surface area contributed by atoms with Crippen LogP contribution in [0.1, 0.15) is 20.8 Å². The predicted octanol–water partition coefficient (Wildman–Crippen LogP) is 2.37. The Morgan fingerprint density at radius 3 is 2.63 bits per heavy atom. The number of rotatable bonds is 6. The summed E-state index contributed by atoms with van der Waals surface area (Å²) in [5.74, 6) is -0.114. The van der Waals surface area contributed by atoms with Crippen LogP contribution in [0.3, 0.4) is 0 Å². The highest BCUT2D eigenvalue weighted by Gasteiger charge is 2.15. The molecule has 0 saturated heterocycles. The topological polar surface area (TPSA) is 52.6 Å². The first kappa shape index (κ1) is 16.0. The van der Waals surface area contributed by atoms with E-state index < -0.39 is 6.10 Å². The lowest BCUT2D eigenvalue weighted by Crippen LogP contribution is -2.41. The molecule has 1 aromatic rings. The summed E-state index contributed by atoms with van der Waals surface area (Å²) in [6.45, 7) is 6.42. The summed E-state index contributed by atoms with van der Waals surface area (Å²) in [6.07, 6.45) is -0.457. The third-order valence-corrected chi connectivity index (χ3v) is 2.92. The van der Waals surface area contributed by atoms with E-state index in [9.17, 15) is 9.90 Å². The van der Waals surface area contributed by atoms with Crippen molar-refractivity contribution in [1.82, 2.24) is 4.90 Å². The van der Waals surface area contributed by atoms with Gasteiger partial charge in [0.05, 0.1) is 12.6 Å². The molecule has 5 heteroatoms. The van der Waals surface area contributed by atoms with Crippen LogP contribution in [0.15, 0.2) is 24.3 Å². The Morgan fingerprint density at radius 1 is 1.42 bits per heavy atom. The number of nitrogens with zero attached hydrogens (tertiary/aromatic N) is 1. The molecule has 0 aliphatic heterocycles. The molecule has 1 unspecified atom stereocenters. The van der Waals surface area contributed by atoms with E-state index in [4.69, 9.17) is 11.6 Å². The van der Waals surface area contributed by atoms with E-state index >= 15 is 0 Å². The number of amides is 1. The van der Waals surface area contributed by atoms with Gasteiger partial charge in [-0.05, 0) is 39.0 Å². The van der Waals surface area contributed by atoms with E-state index in [1.807, 2.05) is 18.7 Å². The van der Waals surface area contributed by atoms with Gasteiger partial charge in [0.2, 0.25) is 5.91 Å². The molecular weight excluding hydrogens is 264 g/mol. The maximum atomic E-state index is 11.9. The van der Waals surface area contributed by atoms with Crippen molar-refractivity contribution in [3.8, 4) is 0 Å². The minimum Gasteiger partial charge on any atom is -0.392 e. The van der Waals surface area contributed by atoms with Crippen molar-refractivity contribution in [2.24, 2.45) is 0 Å². The SMILES string of the molecule is CC(O)CN(CC(=O)Nc1cccc(Cl)c1)C(C)C. The molecule has 1 amide bonds. The van der Waals surface area contributed by atoms with Gasteiger partial charge in [0, 0.05) is 23.3 Å². The molecular formula is C14H21ClN2O2. The number of anilines is 1. The zero-order chi connectivity index (χ0) is 14.4. The minimum absolute atomic E-state index is 0.114. The van der Waals surface area contributed by atoms with E-state index in [0.29, 0.717) is 17.3 Å². The summed E-state index contributed by atoms with van der Waals surface area (Å²) in [5.41, 5.74) is 0.679. The molecule has 0 heterocycles. The Hall–Kier alpha value is -1.10. The highest BCUT2D eigenvalue weighted by Crippen LogP contribution is 2.14. The number of halogens is 1. The van der Waals surface area contributed by atoms with Crippen LogP contribution >= 0.6 is 11.6 Å². The maximum Gasteiger partial charge on any atom is 0.238 e. The highest BCUT2D eigenvalue weighted by molar-refractivity contribution is 6.30. The minimum atomic E-state index is -0.457. The summed E-state index contributed by atoms with van der Waals surface area (Å²) < 4.78 is 0. The van der Waals surface area contributed by atoms with Crippen molar-refractivity contribution in [2.75, 3.05) is 18.4 Å². The van der Waals surface area contributed by atoms with Gasteiger partial charge in [0.1, 0.15) is 0 Å². The maximum absolute atomic E-state index is 11.9. The molecule has 1 rings (SSSR count). The number of nitrogens with one attached hydrogen (secondary N) is 1. The molecule has 0 aromatic heterocycles. The molecule has 106 valence electrons. The third-order valence-electron chi connectivity index (χ3n) is 2.68. The molecule has 0 radical (unpaired) electrons. The van der Waals surface area contributed by atoms with Crippen molar-refractivity contribution in [1.29, 1.82) is 0 Å². The molecule has 0 saturated carbocycles. The number of benzene rings is 1. The van der Waals surface area contributed by atoms with Gasteiger partial charge in [-0.15, -0.1) is 0 Å². The van der Waals surface area contributed by atoms with E-state index in [1.54, 1.807) is 31.2 Å².